The van der Waals surface area contributed by atoms with Crippen molar-refractivity contribution < 1.29 is 68.4 Å². The highest BCUT2D eigenvalue weighted by Gasteiger charge is 2.36. The Labute approximate surface area is 571 Å². The van der Waals surface area contributed by atoms with Crippen LogP contribution >= 0.6 is 12.4 Å². The number of carbonyl (C=O) groups is 4. The van der Waals surface area contributed by atoms with E-state index in [2.05, 4.69) is 19.2 Å². The van der Waals surface area contributed by atoms with Crippen molar-refractivity contribution in [1.29, 1.82) is 0 Å². The summed E-state index contributed by atoms with van der Waals surface area (Å²) in [4.78, 5) is 104. The van der Waals surface area contributed by atoms with Gasteiger partial charge in [-0.3, -0.25) is 24.5 Å². The van der Waals surface area contributed by atoms with Gasteiger partial charge in [-0.25, -0.2) is 24.0 Å². The number of halogens is 1. The lowest BCUT2D eigenvalue weighted by Gasteiger charge is -2.34. The second kappa shape index (κ2) is 35.7. The molecule has 0 saturated heterocycles. The van der Waals surface area contributed by atoms with Crippen molar-refractivity contribution in [3.8, 4) is 0 Å². The number of amides is 1. The van der Waals surface area contributed by atoms with Gasteiger partial charge in [0, 0.05) is 55.0 Å². The molecule has 10 atom stereocenters. The lowest BCUT2D eigenvalue weighted by Crippen LogP contribution is -2.38. The number of esters is 2. The highest BCUT2D eigenvalue weighted by molar-refractivity contribution is 5.89. The molecule has 5 aliphatic carbocycles. The van der Waals surface area contributed by atoms with Gasteiger partial charge < -0.3 is 79.0 Å². The van der Waals surface area contributed by atoms with Crippen molar-refractivity contribution in [1.82, 2.24) is 18.3 Å². The Morgan fingerprint density at radius 1 is 0.515 bits per heavy atom. The lowest BCUT2D eigenvalue weighted by atomic mass is 9.83. The van der Waals surface area contributed by atoms with Crippen LogP contribution in [0.4, 0.5) is 16.2 Å². The zero-order valence-corrected chi connectivity index (χ0v) is 58.3. The van der Waals surface area contributed by atoms with E-state index in [1.54, 1.807) is 116 Å². The van der Waals surface area contributed by atoms with Crippen molar-refractivity contribution in [3.63, 3.8) is 0 Å². The van der Waals surface area contributed by atoms with E-state index in [1.165, 1.54) is 49.3 Å². The van der Waals surface area contributed by atoms with Gasteiger partial charge in [0.25, 0.3) is 22.2 Å². The van der Waals surface area contributed by atoms with Gasteiger partial charge in [0.05, 0.1) is 54.2 Å². The predicted molar refractivity (Wildman–Crippen MR) is 369 cm³/mol. The highest BCUT2D eigenvalue weighted by atomic mass is 35.5. The fourth-order valence-corrected chi connectivity index (χ4v) is 13.0. The Hall–Kier alpha value is -7.72. The van der Waals surface area contributed by atoms with Crippen molar-refractivity contribution in [2.45, 2.75) is 248 Å². The van der Waals surface area contributed by atoms with Crippen LogP contribution in [0.3, 0.4) is 0 Å². The second-order valence-corrected chi connectivity index (χ2v) is 28.2. The summed E-state index contributed by atoms with van der Waals surface area (Å²) in [6.07, 6.45) is 23.2. The second-order valence-electron chi connectivity index (χ2n) is 28.2. The number of hydrogen-bond donors (Lipinski definition) is 9. The molecule has 10 rings (SSSR count). The molecule has 5 fully saturated rings. The first-order chi connectivity index (χ1) is 44.8. The number of methoxy groups -OCH3 is 2. The number of rotatable bonds is 8. The number of nitrogens with one attached hydrogen (secondary N) is 1. The lowest BCUT2D eigenvalue weighted by molar-refractivity contribution is 0.00271. The van der Waals surface area contributed by atoms with E-state index in [0.29, 0.717) is 25.7 Å². The standard InChI is InChI=1S/C17H26N2O4.C14H19NO4.C13H17NO4.C12H18N2O2.C7H15NO.C7H6O4.ClH/c1-16(2,3)23-15(21)18-13-8-6-10-19(14(13)20)12-7-5-9-17(4,22)11-12;1-14(18)7-3-5-10(9-14)15-8-4-6-11(12(15)16)13(17)19-2;1-13(18)6-2-4-9(8-13)14-7-3-5-10(11(14)15)12(16)17;1-12(16)6-2-4-9(8-12)14-7-3-5-10(13)11(14)15;1-7(9)4-2-3-6(8)5-7;1-10-6(8)5-3-2-4-11-7(5)9;/h6,8,10,12,22H,5,7,9,11H2,1-4H3,(H,18,21);4,6,8,10,18H,3,5,7,9H2,1-2H3;3,5,7,9,18H,2,4,6,8H2,1H3,(H,16,17);3,5,7,9,16H,2,4,6,8,13H2,1H3;6,9H,2-5,8H2,1H3;2-4H,1H3;1H/t12?,17-;10?,14-;9?,13-;9?,12-;6-,7+;;/m11110../s1. The van der Waals surface area contributed by atoms with E-state index < -0.39 is 68.8 Å². The number of aromatic nitrogens is 4. The van der Waals surface area contributed by atoms with Crippen LogP contribution in [-0.2, 0) is 14.2 Å². The number of aromatic carboxylic acids is 1. The molecule has 5 aromatic heterocycles. The van der Waals surface area contributed by atoms with Crippen LogP contribution in [0.15, 0.2) is 120 Å². The molecule has 5 aliphatic rings. The van der Waals surface area contributed by atoms with Crippen LogP contribution in [0.2, 0.25) is 0 Å². The van der Waals surface area contributed by atoms with Gasteiger partial charge in [0.1, 0.15) is 28.0 Å². The monoisotopic (exact) mass is 1380 g/mol. The Morgan fingerprint density at radius 2 is 0.866 bits per heavy atom. The van der Waals surface area contributed by atoms with Crippen LogP contribution in [0.1, 0.15) is 239 Å². The molecule has 5 saturated carbocycles. The third-order valence-electron chi connectivity index (χ3n) is 17.6. The zero-order valence-electron chi connectivity index (χ0n) is 57.5. The number of hydrogen-bond acceptors (Lipinski definition) is 20. The fourth-order valence-electron chi connectivity index (χ4n) is 13.0. The molecular weight excluding hydrogens is 1280 g/mol. The Balaban J connectivity index is 0.000000252. The first kappa shape index (κ1) is 81.7. The molecule has 0 spiro atoms. The fraction of sp³-hybridized carbons (Fsp3) is 0.586. The first-order valence-corrected chi connectivity index (χ1v) is 32.7. The topological polar surface area (TPSA) is 400 Å². The van der Waals surface area contributed by atoms with E-state index >= 15 is 0 Å². The molecule has 0 radical (unpaired) electrons. The molecule has 0 aliphatic heterocycles. The molecule has 0 bridgehead atoms. The number of anilines is 2. The van der Waals surface area contributed by atoms with Gasteiger partial charge in [-0.15, -0.1) is 12.4 Å². The maximum absolute atomic E-state index is 12.6. The number of nitrogens with two attached hydrogens (primary N) is 2. The van der Waals surface area contributed by atoms with Crippen molar-refractivity contribution in [3.05, 3.63) is 160 Å². The summed E-state index contributed by atoms with van der Waals surface area (Å²) < 4.78 is 24.8. The summed E-state index contributed by atoms with van der Waals surface area (Å²) in [7, 11) is 2.46. The quantitative estimate of drug-likeness (QED) is 0.0517. The van der Waals surface area contributed by atoms with Crippen molar-refractivity contribution in [2.24, 2.45) is 5.73 Å². The summed E-state index contributed by atoms with van der Waals surface area (Å²) in [5.41, 5.74) is 5.45. The molecule has 97 heavy (non-hydrogen) atoms. The van der Waals surface area contributed by atoms with Gasteiger partial charge in [-0.1, -0.05) is 0 Å². The first-order valence-electron chi connectivity index (χ1n) is 32.7. The highest BCUT2D eigenvalue weighted by Crippen LogP contribution is 2.38. The number of nitrogen functional groups attached to an aromatic ring is 1. The number of ether oxygens (including phenoxy) is 3. The number of carboxylic acids is 1. The smallest absolute Gasteiger partial charge is 0.412 e. The Bertz CT molecular complexity index is 3730. The zero-order chi connectivity index (χ0) is 71.6. The average molecular weight is 1380 g/mol. The molecule has 538 valence electrons. The number of carbonyl (C=O) groups excluding carboxylic acids is 3. The van der Waals surface area contributed by atoms with Crippen LogP contribution < -0.4 is 44.6 Å². The molecule has 0 aromatic carbocycles. The molecule has 4 unspecified atom stereocenters. The third-order valence-corrected chi connectivity index (χ3v) is 17.6. The Morgan fingerprint density at radius 3 is 1.24 bits per heavy atom. The minimum atomic E-state index is -1.21. The SMILES string of the molecule is CC(C)(C)OC(=O)Nc1cccn(C2CCC[C@@](C)(O)C2)c1=O.COC(=O)c1cccn(C2CCC[C@@](C)(O)C2)c1=O.COC(=O)c1cccoc1=O.C[C@@]1(O)CCCC(n2cccc(C(=O)O)c2=O)C1.C[C@@]1(O)CCCC(n2cccc(N)c2=O)C1.C[C@@]1(O)CCC[C@H](N)C1.Cl. The number of carboxylic acid groups (broad SMARTS) is 1. The van der Waals surface area contributed by atoms with E-state index in [0.717, 1.165) is 103 Å². The maximum Gasteiger partial charge on any atom is 0.412 e. The summed E-state index contributed by atoms with van der Waals surface area (Å²) >= 11 is 0. The summed E-state index contributed by atoms with van der Waals surface area (Å²) in [6, 6.07) is 15.5. The van der Waals surface area contributed by atoms with E-state index in [-0.39, 0.29) is 87.4 Å². The van der Waals surface area contributed by atoms with E-state index in [4.69, 9.17) is 21.3 Å². The molecular formula is C70H102ClN7O19. The van der Waals surface area contributed by atoms with Crippen molar-refractivity contribution >= 4 is 47.8 Å². The summed E-state index contributed by atoms with van der Waals surface area (Å²) in [5.74, 6) is -2.52. The minimum absolute atomic E-state index is 0. The summed E-state index contributed by atoms with van der Waals surface area (Å²) in [6.45, 7) is 14.3. The van der Waals surface area contributed by atoms with Crippen LogP contribution in [0.5, 0.6) is 0 Å². The molecule has 26 nitrogen and oxygen atoms in total. The van der Waals surface area contributed by atoms with Gasteiger partial charge >= 0.3 is 29.6 Å². The molecule has 5 heterocycles. The van der Waals surface area contributed by atoms with Crippen molar-refractivity contribution in [2.75, 3.05) is 25.3 Å². The molecule has 5 aromatic rings. The number of nitrogens with zero attached hydrogens (tertiary/aromatic N) is 4. The van der Waals surface area contributed by atoms with Gasteiger partial charge in [0.2, 0.25) is 0 Å². The van der Waals surface area contributed by atoms with Gasteiger partial charge in [-0.2, -0.15) is 0 Å². The predicted octanol–water partition coefficient (Wildman–Crippen LogP) is 8.76. The third kappa shape index (κ3) is 25.6. The van der Waals surface area contributed by atoms with Gasteiger partial charge in [0.15, 0.2) is 0 Å². The summed E-state index contributed by atoms with van der Waals surface area (Å²) in [5, 5.41) is 61.3. The van der Waals surface area contributed by atoms with E-state index in [1.807, 2.05) is 13.8 Å². The van der Waals surface area contributed by atoms with Crippen LogP contribution in [0.25, 0.3) is 0 Å². The molecule has 27 heteroatoms. The Kier molecular flexibility index (Phi) is 30.1. The molecule has 11 N–H and O–H groups in total. The normalized spacial score (nSPS) is 26.6. The maximum atomic E-state index is 12.6. The van der Waals surface area contributed by atoms with Crippen LogP contribution in [0, 0.1) is 0 Å². The number of pyridine rings is 4. The average Bonchev–Trinajstić information content (AvgIpc) is 1.05. The number of aliphatic hydroxyl groups is 5. The van der Waals surface area contributed by atoms with E-state index in [9.17, 15) is 68.7 Å². The molecule has 1 amide bonds. The largest absolute Gasteiger partial charge is 0.477 e. The van der Waals surface area contributed by atoms with Gasteiger partial charge in [-0.05, 0) is 244 Å². The van der Waals surface area contributed by atoms with Crippen LogP contribution in [-0.4, -0.2) is 127 Å². The minimum Gasteiger partial charge on any atom is -0.477 e.